The van der Waals surface area contributed by atoms with Crippen LogP contribution in [0.2, 0.25) is 0 Å². The zero-order valence-corrected chi connectivity index (χ0v) is 18.2. The fourth-order valence-corrected chi connectivity index (χ4v) is 2.54. The van der Waals surface area contributed by atoms with Gasteiger partial charge in [0, 0.05) is 26.7 Å². The van der Waals surface area contributed by atoms with Crippen molar-refractivity contribution in [1.29, 1.82) is 0 Å². The molecule has 0 atom stereocenters. The van der Waals surface area contributed by atoms with Crippen molar-refractivity contribution in [1.82, 2.24) is 15.5 Å². The Kier molecular flexibility index (Phi) is 9.58. The van der Waals surface area contributed by atoms with E-state index in [1.54, 1.807) is 20.0 Å². The zero-order chi connectivity index (χ0) is 18.2. The van der Waals surface area contributed by atoms with Gasteiger partial charge in [0.25, 0.3) is 0 Å². The maximum atomic E-state index is 13.3. The molecule has 2 N–H and O–H groups in total. The van der Waals surface area contributed by atoms with Gasteiger partial charge in [-0.05, 0) is 49.3 Å². The van der Waals surface area contributed by atoms with Crippen LogP contribution in [0.4, 0.5) is 4.39 Å². The van der Waals surface area contributed by atoms with Crippen LogP contribution in [-0.4, -0.2) is 32.0 Å². The molecule has 0 aliphatic carbocycles. The Balaban J connectivity index is 0.00000338. The highest BCUT2D eigenvalue weighted by Gasteiger charge is 2.02. The Bertz CT molecular complexity index is 714. The Labute approximate surface area is 172 Å². The van der Waals surface area contributed by atoms with Gasteiger partial charge < -0.3 is 15.5 Å². The van der Waals surface area contributed by atoms with Crippen LogP contribution in [-0.2, 0) is 19.6 Å². The SMILES string of the molecule is CN=C(NCc1ccc(CN(C)C)cc1)NCc1ccc(F)c(C)c1.I. The number of benzene rings is 2. The summed E-state index contributed by atoms with van der Waals surface area (Å²) < 4.78 is 13.3. The minimum Gasteiger partial charge on any atom is -0.352 e. The zero-order valence-electron chi connectivity index (χ0n) is 15.8. The highest BCUT2D eigenvalue weighted by atomic mass is 127. The second kappa shape index (κ2) is 11.1. The maximum Gasteiger partial charge on any atom is 0.191 e. The van der Waals surface area contributed by atoms with Crippen molar-refractivity contribution in [3.63, 3.8) is 0 Å². The van der Waals surface area contributed by atoms with Gasteiger partial charge in [-0.15, -0.1) is 24.0 Å². The first-order valence-electron chi connectivity index (χ1n) is 8.40. The molecule has 0 aromatic heterocycles. The number of guanidine groups is 1. The largest absolute Gasteiger partial charge is 0.352 e. The van der Waals surface area contributed by atoms with Gasteiger partial charge in [0.1, 0.15) is 5.82 Å². The average Bonchev–Trinajstić information content (AvgIpc) is 2.59. The molecule has 0 saturated heterocycles. The molecule has 0 unspecified atom stereocenters. The third-order valence-corrected chi connectivity index (χ3v) is 3.89. The van der Waals surface area contributed by atoms with Crippen LogP contribution in [0.1, 0.15) is 22.3 Å². The molecule has 4 nitrogen and oxygen atoms in total. The molecule has 0 amide bonds. The molecule has 2 aromatic carbocycles. The predicted octanol–water partition coefficient (Wildman–Crippen LogP) is 3.68. The molecule has 0 heterocycles. The number of aliphatic imine (C=N–C) groups is 1. The van der Waals surface area contributed by atoms with E-state index in [9.17, 15) is 4.39 Å². The molecule has 6 heteroatoms. The van der Waals surface area contributed by atoms with Crippen molar-refractivity contribution in [2.45, 2.75) is 26.6 Å². The van der Waals surface area contributed by atoms with Crippen molar-refractivity contribution in [3.05, 3.63) is 70.5 Å². The van der Waals surface area contributed by atoms with E-state index in [2.05, 4.69) is 58.9 Å². The van der Waals surface area contributed by atoms with Crippen LogP contribution in [0, 0.1) is 12.7 Å². The molecule has 0 saturated carbocycles. The summed E-state index contributed by atoms with van der Waals surface area (Å²) in [5, 5.41) is 6.55. The summed E-state index contributed by atoms with van der Waals surface area (Å²) in [5.74, 6) is 0.545. The molecule has 26 heavy (non-hydrogen) atoms. The third-order valence-electron chi connectivity index (χ3n) is 3.89. The van der Waals surface area contributed by atoms with Crippen molar-refractivity contribution >= 4 is 29.9 Å². The predicted molar refractivity (Wildman–Crippen MR) is 117 cm³/mol. The third kappa shape index (κ3) is 7.29. The van der Waals surface area contributed by atoms with Crippen molar-refractivity contribution in [2.75, 3.05) is 21.1 Å². The maximum absolute atomic E-state index is 13.3. The second-order valence-electron chi connectivity index (χ2n) is 6.42. The molecule has 0 bridgehead atoms. The van der Waals surface area contributed by atoms with Gasteiger partial charge in [0.15, 0.2) is 5.96 Å². The van der Waals surface area contributed by atoms with Crippen LogP contribution < -0.4 is 10.6 Å². The standard InChI is InChI=1S/C20H27FN4.HI/c1-15-11-18(9-10-19(15)21)13-24-20(22-2)23-12-16-5-7-17(8-6-16)14-25(3)4;/h5-11H,12-14H2,1-4H3,(H2,22,23,24);1H. The Morgan fingerprint density at radius 2 is 1.50 bits per heavy atom. The summed E-state index contributed by atoms with van der Waals surface area (Å²) in [6.07, 6.45) is 0. The smallest absolute Gasteiger partial charge is 0.191 e. The summed E-state index contributed by atoms with van der Waals surface area (Å²) in [4.78, 5) is 6.38. The normalized spacial score (nSPS) is 11.2. The summed E-state index contributed by atoms with van der Waals surface area (Å²) in [6.45, 7) is 4.01. The van der Waals surface area contributed by atoms with E-state index in [1.807, 2.05) is 6.07 Å². The minimum atomic E-state index is -0.177. The van der Waals surface area contributed by atoms with E-state index in [4.69, 9.17) is 0 Å². The lowest BCUT2D eigenvalue weighted by Gasteiger charge is -2.13. The van der Waals surface area contributed by atoms with Gasteiger partial charge in [-0.2, -0.15) is 0 Å². The molecule has 0 aliphatic heterocycles. The fourth-order valence-electron chi connectivity index (χ4n) is 2.54. The number of nitrogens with zero attached hydrogens (tertiary/aromatic N) is 2. The monoisotopic (exact) mass is 470 g/mol. The van der Waals surface area contributed by atoms with Crippen molar-refractivity contribution in [2.24, 2.45) is 4.99 Å². The van der Waals surface area contributed by atoms with Gasteiger partial charge in [-0.3, -0.25) is 4.99 Å². The lowest BCUT2D eigenvalue weighted by Crippen LogP contribution is -2.36. The van der Waals surface area contributed by atoms with Gasteiger partial charge in [-0.25, -0.2) is 4.39 Å². The Morgan fingerprint density at radius 1 is 0.962 bits per heavy atom. The lowest BCUT2D eigenvalue weighted by atomic mass is 10.1. The van der Waals surface area contributed by atoms with Crippen LogP contribution in [0.25, 0.3) is 0 Å². The van der Waals surface area contributed by atoms with Gasteiger partial charge >= 0.3 is 0 Å². The van der Waals surface area contributed by atoms with Crippen LogP contribution in [0.15, 0.2) is 47.5 Å². The van der Waals surface area contributed by atoms with E-state index in [0.29, 0.717) is 18.7 Å². The van der Waals surface area contributed by atoms with Crippen molar-refractivity contribution in [3.8, 4) is 0 Å². The number of hydrogen-bond acceptors (Lipinski definition) is 2. The summed E-state index contributed by atoms with van der Waals surface area (Å²) in [7, 11) is 5.87. The number of nitrogens with one attached hydrogen (secondary N) is 2. The first-order valence-corrected chi connectivity index (χ1v) is 8.40. The van der Waals surface area contributed by atoms with Crippen LogP contribution >= 0.6 is 24.0 Å². The molecule has 0 spiro atoms. The van der Waals surface area contributed by atoms with E-state index < -0.39 is 0 Å². The number of aryl methyl sites for hydroxylation is 1. The van der Waals surface area contributed by atoms with Gasteiger partial charge in [-0.1, -0.05) is 36.4 Å². The van der Waals surface area contributed by atoms with E-state index in [0.717, 1.165) is 18.1 Å². The molecule has 2 aromatic rings. The van der Waals surface area contributed by atoms with E-state index in [1.165, 1.54) is 17.2 Å². The molecule has 0 aliphatic rings. The van der Waals surface area contributed by atoms with Crippen LogP contribution in [0.5, 0.6) is 0 Å². The van der Waals surface area contributed by atoms with E-state index >= 15 is 0 Å². The van der Waals surface area contributed by atoms with Crippen LogP contribution in [0.3, 0.4) is 0 Å². The highest BCUT2D eigenvalue weighted by molar-refractivity contribution is 14.0. The minimum absolute atomic E-state index is 0. The van der Waals surface area contributed by atoms with E-state index in [-0.39, 0.29) is 29.8 Å². The molecule has 2 rings (SSSR count). The topological polar surface area (TPSA) is 39.7 Å². The first-order chi connectivity index (χ1) is 12.0. The summed E-state index contributed by atoms with van der Waals surface area (Å²) in [6, 6.07) is 13.7. The molecule has 142 valence electrons. The van der Waals surface area contributed by atoms with Gasteiger partial charge in [0.05, 0.1) is 0 Å². The Morgan fingerprint density at radius 3 is 2.04 bits per heavy atom. The fraction of sp³-hybridized carbons (Fsp3) is 0.350. The van der Waals surface area contributed by atoms with Crippen molar-refractivity contribution < 1.29 is 4.39 Å². The quantitative estimate of drug-likeness (QED) is 0.385. The molecular formula is C20H28FIN4. The number of rotatable bonds is 6. The lowest BCUT2D eigenvalue weighted by molar-refractivity contribution is 0.402. The Hall–Kier alpha value is -1.67. The molecular weight excluding hydrogens is 442 g/mol. The number of halogens is 2. The second-order valence-corrected chi connectivity index (χ2v) is 6.42. The first kappa shape index (κ1) is 22.4. The summed E-state index contributed by atoms with van der Waals surface area (Å²) in [5.41, 5.74) is 4.17. The molecule has 0 fully saturated rings. The summed E-state index contributed by atoms with van der Waals surface area (Å²) >= 11 is 0. The molecule has 0 radical (unpaired) electrons. The van der Waals surface area contributed by atoms with Gasteiger partial charge in [0.2, 0.25) is 0 Å². The average molecular weight is 470 g/mol. The highest BCUT2D eigenvalue weighted by Crippen LogP contribution is 2.09. The number of hydrogen-bond donors (Lipinski definition) is 2.